The van der Waals surface area contributed by atoms with Crippen molar-refractivity contribution in [3.05, 3.63) is 50.5 Å². The number of hydrogen-bond acceptors (Lipinski definition) is 3. The van der Waals surface area contributed by atoms with E-state index < -0.39 is 0 Å². The van der Waals surface area contributed by atoms with Crippen LogP contribution >= 0.6 is 39.1 Å². The molecule has 0 aliphatic rings. The van der Waals surface area contributed by atoms with Crippen LogP contribution in [0.25, 0.3) is 0 Å². The molecule has 0 aliphatic heterocycles. The number of carbonyl (C=O) groups excluding carboxylic acids is 1. The van der Waals surface area contributed by atoms with Gasteiger partial charge in [-0.25, -0.2) is 4.98 Å². The molecule has 0 aliphatic carbocycles. The molecule has 0 radical (unpaired) electrons. The molecule has 0 saturated carbocycles. The van der Waals surface area contributed by atoms with Gasteiger partial charge < -0.3 is 11.1 Å². The normalized spacial score (nSPS) is 10.3. The van der Waals surface area contributed by atoms with Crippen molar-refractivity contribution in [1.82, 2.24) is 4.98 Å². The van der Waals surface area contributed by atoms with E-state index in [9.17, 15) is 4.79 Å². The molecule has 1 heterocycles. The van der Waals surface area contributed by atoms with E-state index >= 15 is 0 Å². The summed E-state index contributed by atoms with van der Waals surface area (Å²) >= 11 is 15.0. The Morgan fingerprint density at radius 1 is 1.26 bits per heavy atom. The highest BCUT2D eigenvalue weighted by molar-refractivity contribution is 9.10. The maximum Gasteiger partial charge on any atom is 0.257 e. The topological polar surface area (TPSA) is 68.0 Å². The van der Waals surface area contributed by atoms with Gasteiger partial charge in [-0.1, -0.05) is 23.2 Å². The molecule has 1 aromatic carbocycles. The molecule has 19 heavy (non-hydrogen) atoms. The first-order valence-corrected chi connectivity index (χ1v) is 6.69. The van der Waals surface area contributed by atoms with Gasteiger partial charge in [-0.3, -0.25) is 4.79 Å². The smallest absolute Gasteiger partial charge is 0.257 e. The van der Waals surface area contributed by atoms with E-state index in [-0.39, 0.29) is 16.7 Å². The van der Waals surface area contributed by atoms with E-state index in [4.69, 9.17) is 28.9 Å². The summed E-state index contributed by atoms with van der Waals surface area (Å²) in [5.74, 6) is -0.143. The van der Waals surface area contributed by atoms with Crippen molar-refractivity contribution in [1.29, 1.82) is 0 Å². The van der Waals surface area contributed by atoms with Crippen LogP contribution < -0.4 is 11.1 Å². The fraction of sp³-hybridized carbons (Fsp3) is 0. The van der Waals surface area contributed by atoms with Gasteiger partial charge in [0.1, 0.15) is 5.82 Å². The van der Waals surface area contributed by atoms with Crippen LogP contribution in [-0.4, -0.2) is 10.9 Å². The molecule has 1 amide bonds. The number of nitrogens with zero attached hydrogens (tertiary/aromatic N) is 1. The quantitative estimate of drug-likeness (QED) is 0.850. The number of rotatable bonds is 2. The van der Waals surface area contributed by atoms with Gasteiger partial charge in [-0.05, 0) is 40.2 Å². The summed E-state index contributed by atoms with van der Waals surface area (Å²) in [6.07, 6.45) is 1.36. The van der Waals surface area contributed by atoms with Crippen molar-refractivity contribution >= 4 is 56.5 Å². The molecule has 0 unspecified atom stereocenters. The lowest BCUT2D eigenvalue weighted by Crippen LogP contribution is -2.12. The number of aromatic nitrogens is 1. The Kier molecular flexibility index (Phi) is 4.29. The van der Waals surface area contributed by atoms with Gasteiger partial charge in [-0.15, -0.1) is 0 Å². The molecule has 0 fully saturated rings. The van der Waals surface area contributed by atoms with Gasteiger partial charge in [0, 0.05) is 16.4 Å². The molecule has 0 saturated heterocycles. The molecule has 7 heteroatoms. The molecule has 98 valence electrons. The third kappa shape index (κ3) is 3.37. The summed E-state index contributed by atoms with van der Waals surface area (Å²) in [4.78, 5) is 15.8. The molecule has 0 atom stereocenters. The van der Waals surface area contributed by atoms with Crippen molar-refractivity contribution < 1.29 is 4.79 Å². The second-order valence-electron chi connectivity index (χ2n) is 3.67. The zero-order chi connectivity index (χ0) is 14.0. The maximum absolute atomic E-state index is 12.0. The molecule has 3 N–H and O–H groups in total. The standard InChI is InChI=1S/C12H8BrCl2N3O/c13-8-4-7(1-2-9(8)14)18-12(19)6-3-10(15)11(16)17-5-6/h1-5H,(H2,16,17)(H,18,19). The molecule has 0 spiro atoms. The lowest BCUT2D eigenvalue weighted by molar-refractivity contribution is 0.102. The Hall–Kier alpha value is -1.30. The van der Waals surface area contributed by atoms with E-state index in [0.29, 0.717) is 20.7 Å². The second-order valence-corrected chi connectivity index (χ2v) is 5.34. The number of amides is 1. The minimum Gasteiger partial charge on any atom is -0.382 e. The first-order chi connectivity index (χ1) is 8.97. The van der Waals surface area contributed by atoms with Crippen LogP contribution in [0, 0.1) is 0 Å². The van der Waals surface area contributed by atoms with E-state index in [1.54, 1.807) is 18.2 Å². The number of carbonyl (C=O) groups is 1. The average Bonchev–Trinajstić information content (AvgIpc) is 2.37. The van der Waals surface area contributed by atoms with Gasteiger partial charge in [0.2, 0.25) is 0 Å². The number of halogens is 3. The lowest BCUT2D eigenvalue weighted by Gasteiger charge is -2.07. The number of nitrogen functional groups attached to an aromatic ring is 1. The van der Waals surface area contributed by atoms with E-state index in [2.05, 4.69) is 26.2 Å². The van der Waals surface area contributed by atoms with Crippen LogP contribution in [-0.2, 0) is 0 Å². The number of pyridine rings is 1. The molecule has 1 aromatic heterocycles. The monoisotopic (exact) mass is 359 g/mol. The molecule has 0 bridgehead atoms. The van der Waals surface area contributed by atoms with Gasteiger partial charge in [0.15, 0.2) is 0 Å². The predicted octanol–water partition coefficient (Wildman–Crippen LogP) is 3.99. The van der Waals surface area contributed by atoms with Crippen LogP contribution in [0.1, 0.15) is 10.4 Å². The maximum atomic E-state index is 12.0. The van der Waals surface area contributed by atoms with Crippen LogP contribution in [0.3, 0.4) is 0 Å². The number of nitrogens with two attached hydrogens (primary N) is 1. The zero-order valence-corrected chi connectivity index (χ0v) is 12.6. The highest BCUT2D eigenvalue weighted by atomic mass is 79.9. The second kappa shape index (κ2) is 5.77. The van der Waals surface area contributed by atoms with Crippen molar-refractivity contribution in [3.8, 4) is 0 Å². The molecular formula is C12H8BrCl2N3O. The molecule has 2 aromatic rings. The first-order valence-electron chi connectivity index (χ1n) is 5.15. The minimum absolute atomic E-state index is 0.187. The highest BCUT2D eigenvalue weighted by Gasteiger charge is 2.09. The Balaban J connectivity index is 2.20. The van der Waals surface area contributed by atoms with Crippen LogP contribution in [0.4, 0.5) is 11.5 Å². The van der Waals surface area contributed by atoms with Crippen molar-refractivity contribution in [2.24, 2.45) is 0 Å². The Bertz CT molecular complexity index is 649. The van der Waals surface area contributed by atoms with E-state index in [0.717, 1.165) is 0 Å². The molecular weight excluding hydrogens is 353 g/mol. The summed E-state index contributed by atoms with van der Waals surface area (Å²) in [5, 5.41) is 3.51. The predicted molar refractivity (Wildman–Crippen MR) is 80.8 cm³/mol. The van der Waals surface area contributed by atoms with Gasteiger partial charge in [-0.2, -0.15) is 0 Å². The van der Waals surface area contributed by atoms with Crippen molar-refractivity contribution in [3.63, 3.8) is 0 Å². The Morgan fingerprint density at radius 2 is 2.00 bits per heavy atom. The first kappa shape index (κ1) is 14.1. The van der Waals surface area contributed by atoms with Gasteiger partial charge >= 0.3 is 0 Å². The summed E-state index contributed by atoms with van der Waals surface area (Å²) in [5.41, 5.74) is 6.41. The zero-order valence-electron chi connectivity index (χ0n) is 9.45. The van der Waals surface area contributed by atoms with Crippen molar-refractivity contribution in [2.45, 2.75) is 0 Å². The third-order valence-corrected chi connectivity index (χ3v) is 3.83. The molecule has 4 nitrogen and oxygen atoms in total. The SMILES string of the molecule is Nc1ncc(C(=O)Nc2ccc(Cl)c(Br)c2)cc1Cl. The Morgan fingerprint density at radius 3 is 2.63 bits per heavy atom. The summed E-state index contributed by atoms with van der Waals surface area (Å²) in [6.45, 7) is 0. The van der Waals surface area contributed by atoms with Crippen LogP contribution in [0.5, 0.6) is 0 Å². The Labute approximate surface area is 128 Å². The van der Waals surface area contributed by atoms with E-state index in [1.165, 1.54) is 12.3 Å². The summed E-state index contributed by atoms with van der Waals surface area (Å²) in [7, 11) is 0. The fourth-order valence-electron chi connectivity index (χ4n) is 1.35. The average molecular weight is 361 g/mol. The van der Waals surface area contributed by atoms with Gasteiger partial charge in [0.25, 0.3) is 5.91 Å². The summed E-state index contributed by atoms with van der Waals surface area (Å²) < 4.78 is 0.695. The largest absolute Gasteiger partial charge is 0.382 e. The highest BCUT2D eigenvalue weighted by Crippen LogP contribution is 2.26. The summed E-state index contributed by atoms with van der Waals surface area (Å²) in [6, 6.07) is 6.53. The number of nitrogens with one attached hydrogen (secondary N) is 1. The van der Waals surface area contributed by atoms with E-state index in [1.807, 2.05) is 0 Å². The van der Waals surface area contributed by atoms with Gasteiger partial charge in [0.05, 0.1) is 15.6 Å². The van der Waals surface area contributed by atoms with Crippen LogP contribution in [0.2, 0.25) is 10.0 Å². The van der Waals surface area contributed by atoms with Crippen molar-refractivity contribution in [2.75, 3.05) is 11.1 Å². The molecule has 2 rings (SSSR count). The minimum atomic E-state index is -0.330. The van der Waals surface area contributed by atoms with Crippen LogP contribution in [0.15, 0.2) is 34.9 Å². The number of benzene rings is 1. The lowest BCUT2D eigenvalue weighted by atomic mass is 10.2. The fourth-order valence-corrected chi connectivity index (χ4v) is 2.01. The number of hydrogen-bond donors (Lipinski definition) is 2. The number of anilines is 2. The third-order valence-electron chi connectivity index (χ3n) is 2.31.